The Morgan fingerprint density at radius 1 is 0.757 bits per heavy atom. The molecule has 6 aromatic rings. The number of aromatic amines is 2. The molecule has 3 saturated heterocycles. The van der Waals surface area contributed by atoms with E-state index in [0.29, 0.717) is 116 Å². The maximum absolute atomic E-state index is 17.6. The number of hydrogen-bond donors (Lipinski definition) is 4. The number of aryl methyl sites for hydroxylation is 1. The van der Waals surface area contributed by atoms with Crippen molar-refractivity contribution < 1.29 is 51.6 Å². The molecule has 3 aromatic carbocycles. The lowest BCUT2D eigenvalue weighted by molar-refractivity contribution is -0.137. The van der Waals surface area contributed by atoms with Gasteiger partial charge in [0, 0.05) is 48.4 Å². The van der Waals surface area contributed by atoms with Gasteiger partial charge in [0.15, 0.2) is 5.82 Å². The topological polar surface area (TPSA) is 207 Å². The quantitative estimate of drug-likeness (QED) is 0.0968. The van der Waals surface area contributed by atoms with Crippen molar-refractivity contribution in [2.24, 2.45) is 11.8 Å². The van der Waals surface area contributed by atoms with Crippen molar-refractivity contribution in [3.63, 3.8) is 0 Å². The highest BCUT2D eigenvalue weighted by atomic mass is 19.1. The van der Waals surface area contributed by atoms with Gasteiger partial charge in [-0.3, -0.25) is 14.2 Å². The van der Waals surface area contributed by atoms with Gasteiger partial charge in [-0.1, -0.05) is 32.0 Å². The van der Waals surface area contributed by atoms with Crippen molar-refractivity contribution in [3.8, 4) is 45.3 Å². The average molecular weight is 1020 g/mol. The van der Waals surface area contributed by atoms with Crippen LogP contribution in [0.1, 0.15) is 99.9 Å². The van der Waals surface area contributed by atoms with Gasteiger partial charge in [-0.05, 0) is 99.1 Å². The first-order chi connectivity index (χ1) is 35.9. The van der Waals surface area contributed by atoms with Crippen LogP contribution in [0, 0.1) is 23.5 Å². The molecule has 74 heavy (non-hydrogen) atoms. The number of fused-ring (bicyclic) bond motifs is 6. The summed E-state index contributed by atoms with van der Waals surface area (Å²) in [5.74, 6) is -0.254. The van der Waals surface area contributed by atoms with E-state index < -0.39 is 54.2 Å². The lowest BCUT2D eigenvalue weighted by atomic mass is 9.90. The number of alkyl carbamates (subject to hydrolysis) is 2. The molecule has 0 radical (unpaired) electrons. The molecule has 3 unspecified atom stereocenters. The molecule has 3 fully saturated rings. The highest BCUT2D eigenvalue weighted by molar-refractivity contribution is 5.94. The number of carbonyl (C=O) groups excluding carboxylic acids is 4. The number of hydrogen-bond acceptors (Lipinski definition) is 11. The van der Waals surface area contributed by atoms with Crippen LogP contribution in [0.3, 0.4) is 0 Å². The van der Waals surface area contributed by atoms with Crippen molar-refractivity contribution in [1.29, 1.82) is 0 Å². The van der Waals surface area contributed by atoms with Crippen LogP contribution in [-0.2, 0) is 30.2 Å². The molecule has 4 amide bonds. The summed E-state index contributed by atoms with van der Waals surface area (Å²) in [6.07, 6.45) is 6.64. The molecule has 4 N–H and O–H groups in total. The summed E-state index contributed by atoms with van der Waals surface area (Å²) < 4.78 is 64.5. The van der Waals surface area contributed by atoms with Crippen LogP contribution in [0.15, 0.2) is 60.9 Å². The second-order valence-corrected chi connectivity index (χ2v) is 20.0. The van der Waals surface area contributed by atoms with Crippen LogP contribution in [-0.4, -0.2) is 118 Å². The molecule has 18 nitrogen and oxygen atoms in total. The summed E-state index contributed by atoms with van der Waals surface area (Å²) >= 11 is 0. The number of ether oxygens (including phenoxy) is 5. The van der Waals surface area contributed by atoms with Crippen molar-refractivity contribution in [3.05, 3.63) is 95.3 Å². The van der Waals surface area contributed by atoms with Crippen LogP contribution < -0.4 is 20.1 Å². The first kappa shape index (κ1) is 48.8. The van der Waals surface area contributed by atoms with Crippen molar-refractivity contribution in [2.45, 2.75) is 95.6 Å². The number of benzene rings is 3. The van der Waals surface area contributed by atoms with Gasteiger partial charge in [0.25, 0.3) is 0 Å². The number of aromatic nitrogens is 5. The standard InChI is InChI=1S/C54H59F2N9O9/c1-28(2)45(61-53(68)70-3)50(66)63-17-5-9-39(63)49-58-27-37(60-49)33-23-35(55)43-42(25-33)74-52(32-12-11-29-8-7-19-73-41(29)24-32)65-38-14-13-31(22-34(38)44(56)47(43)65)36-26-57-48(59-36)40-10-6-18-64(40)51(67)46(62-54(69)71-4)30-15-20-72-21-16-30/h11-14,22-28,30,39-40,45-46,52H,5-10,15-21H2,1-4H3,(H,57,59)(H,58,60)(H,61,68)(H,62,69)/t39-,40-,45?,46?,52?/m0/s1. The fourth-order valence-corrected chi connectivity index (χ4v) is 11.5. The van der Waals surface area contributed by atoms with Crippen LogP contribution in [0.4, 0.5) is 18.4 Å². The third kappa shape index (κ3) is 8.85. The molecule has 20 heteroatoms. The largest absolute Gasteiger partial charge is 0.493 e. The van der Waals surface area contributed by atoms with E-state index in [9.17, 15) is 19.2 Å². The number of amides is 4. The molecular formula is C54H59F2N9O9. The first-order valence-corrected chi connectivity index (χ1v) is 25.5. The van der Waals surface area contributed by atoms with Crippen molar-refractivity contribution in [1.82, 2.24) is 44.9 Å². The summed E-state index contributed by atoms with van der Waals surface area (Å²) in [4.78, 5) is 72.3. The lowest BCUT2D eigenvalue weighted by Crippen LogP contribution is -2.53. The van der Waals surface area contributed by atoms with Gasteiger partial charge >= 0.3 is 12.2 Å². The van der Waals surface area contributed by atoms with E-state index in [1.807, 2.05) is 38.1 Å². The van der Waals surface area contributed by atoms with E-state index >= 15 is 8.78 Å². The minimum atomic E-state index is -0.938. The second-order valence-electron chi connectivity index (χ2n) is 20.0. The van der Waals surface area contributed by atoms with Gasteiger partial charge in [0.1, 0.15) is 41.0 Å². The zero-order chi connectivity index (χ0) is 51.4. The van der Waals surface area contributed by atoms with E-state index in [4.69, 9.17) is 28.7 Å². The number of carbonyl (C=O) groups is 4. The molecule has 0 saturated carbocycles. The van der Waals surface area contributed by atoms with Gasteiger partial charge in [-0.2, -0.15) is 0 Å². The number of rotatable bonds is 11. The zero-order valence-corrected chi connectivity index (χ0v) is 41.7. The molecule has 11 rings (SSSR count). The Hall–Kier alpha value is -7.48. The number of nitrogens with zero attached hydrogens (tertiary/aromatic N) is 5. The smallest absolute Gasteiger partial charge is 0.407 e. The number of H-pyrrole nitrogens is 2. The second kappa shape index (κ2) is 20.1. The Morgan fingerprint density at radius 2 is 1.43 bits per heavy atom. The molecule has 5 atom stereocenters. The van der Waals surface area contributed by atoms with Crippen molar-refractivity contribution >= 4 is 34.9 Å². The fraction of sp³-hybridized carbons (Fsp3) is 0.444. The van der Waals surface area contributed by atoms with Crippen LogP contribution in [0.25, 0.3) is 44.7 Å². The number of likely N-dealkylation sites (tertiary alicyclic amines) is 2. The molecule has 8 heterocycles. The summed E-state index contributed by atoms with van der Waals surface area (Å²) in [6, 6.07) is 11.8. The lowest BCUT2D eigenvalue weighted by Gasteiger charge is -2.34. The monoisotopic (exact) mass is 1020 g/mol. The molecule has 388 valence electrons. The highest BCUT2D eigenvalue weighted by Crippen LogP contribution is 2.50. The van der Waals surface area contributed by atoms with Gasteiger partial charge in [0.05, 0.1) is 73.5 Å². The van der Waals surface area contributed by atoms with E-state index in [-0.39, 0.29) is 46.0 Å². The van der Waals surface area contributed by atoms with Crippen LogP contribution in [0.2, 0.25) is 0 Å². The summed E-state index contributed by atoms with van der Waals surface area (Å²) in [5.41, 5.74) is 4.25. The Morgan fingerprint density at radius 3 is 2.12 bits per heavy atom. The maximum Gasteiger partial charge on any atom is 0.407 e. The predicted molar refractivity (Wildman–Crippen MR) is 266 cm³/mol. The SMILES string of the molecule is COC(=O)NC(C(=O)N1CCC[C@H]1c1ncc(-c2cc(F)c3c(c2)OC(c2ccc4c(c2)OCCC4)n2c-3c(F)c3cc(-c4cnc([C@@H]5CCCN5C(=O)C(NC(=O)OC)C5CCOCC5)[nH]4)ccc32)[nH]1)C(C)C. The third-order valence-electron chi connectivity index (χ3n) is 15.3. The first-order valence-electron chi connectivity index (χ1n) is 25.5. The molecule has 0 aliphatic carbocycles. The predicted octanol–water partition coefficient (Wildman–Crippen LogP) is 8.49. The Balaban J connectivity index is 0.927. The molecule has 0 spiro atoms. The van der Waals surface area contributed by atoms with E-state index in [1.165, 1.54) is 20.3 Å². The van der Waals surface area contributed by atoms with E-state index in [0.717, 1.165) is 24.8 Å². The van der Waals surface area contributed by atoms with Gasteiger partial charge in [-0.15, -0.1) is 0 Å². The van der Waals surface area contributed by atoms with Gasteiger partial charge < -0.3 is 54.1 Å². The number of methoxy groups -OCH3 is 2. The summed E-state index contributed by atoms with van der Waals surface area (Å²) in [7, 11) is 2.52. The Bertz CT molecular complexity index is 3140. The summed E-state index contributed by atoms with van der Waals surface area (Å²) in [5, 5.41) is 5.69. The van der Waals surface area contributed by atoms with Gasteiger partial charge in [-0.25, -0.2) is 28.3 Å². The van der Waals surface area contributed by atoms with E-state index in [2.05, 4.69) is 25.6 Å². The van der Waals surface area contributed by atoms with Crippen molar-refractivity contribution in [2.75, 3.05) is 47.1 Å². The van der Waals surface area contributed by atoms with Crippen LogP contribution in [0.5, 0.6) is 11.5 Å². The normalized spacial score (nSPS) is 20.3. The summed E-state index contributed by atoms with van der Waals surface area (Å²) in [6.45, 7) is 6.19. The molecule has 5 aliphatic heterocycles. The van der Waals surface area contributed by atoms with Gasteiger partial charge in [0.2, 0.25) is 18.0 Å². The number of nitrogens with one attached hydrogen (secondary N) is 4. The van der Waals surface area contributed by atoms with E-state index in [1.54, 1.807) is 45.0 Å². The molecular weight excluding hydrogens is 957 g/mol. The minimum Gasteiger partial charge on any atom is -0.493 e. The number of imidazole rings is 2. The zero-order valence-electron chi connectivity index (χ0n) is 41.7. The highest BCUT2D eigenvalue weighted by Gasteiger charge is 2.42. The fourth-order valence-electron chi connectivity index (χ4n) is 11.5. The Kier molecular flexibility index (Phi) is 13.2. The third-order valence-corrected chi connectivity index (χ3v) is 15.3. The van der Waals surface area contributed by atoms with Crippen LogP contribution >= 0.6 is 0 Å². The molecule has 0 bridgehead atoms. The Labute approximate surface area is 425 Å². The average Bonchev–Trinajstić information content (AvgIpc) is 4.30. The molecule has 3 aromatic heterocycles. The number of halogens is 2. The maximum atomic E-state index is 17.6. The molecule has 5 aliphatic rings. The minimum absolute atomic E-state index is 0.0156.